The van der Waals surface area contributed by atoms with E-state index in [1.165, 1.54) is 10.5 Å². The highest BCUT2D eigenvalue weighted by Crippen LogP contribution is 2.24. The van der Waals surface area contributed by atoms with Crippen LogP contribution in [0.3, 0.4) is 0 Å². The van der Waals surface area contributed by atoms with Crippen molar-refractivity contribution in [1.29, 1.82) is 0 Å². The van der Waals surface area contributed by atoms with Gasteiger partial charge in [0.25, 0.3) is 0 Å². The second-order valence-corrected chi connectivity index (χ2v) is 5.34. The molecule has 0 aliphatic rings. The van der Waals surface area contributed by atoms with Gasteiger partial charge in [0.2, 0.25) is 0 Å². The second kappa shape index (κ2) is 5.59. The minimum absolute atomic E-state index is 0.0997. The molecule has 1 aromatic rings. The van der Waals surface area contributed by atoms with E-state index in [0.717, 1.165) is 10.2 Å². The molecule has 0 spiro atoms. The zero-order valence-electron chi connectivity index (χ0n) is 8.16. The van der Waals surface area contributed by atoms with E-state index in [-0.39, 0.29) is 6.04 Å². The molecule has 1 nitrogen and oxygen atoms in total. The Morgan fingerprint density at radius 1 is 1.64 bits per heavy atom. The fraction of sp³-hybridized carbons (Fsp3) is 0.273. The van der Waals surface area contributed by atoms with Crippen molar-refractivity contribution in [2.24, 2.45) is 5.73 Å². The summed E-state index contributed by atoms with van der Waals surface area (Å²) in [6.45, 7) is 5.79. The summed E-state index contributed by atoms with van der Waals surface area (Å²) in [7, 11) is 0. The zero-order chi connectivity index (χ0) is 10.6. The average molecular weight is 272 g/mol. The van der Waals surface area contributed by atoms with Crippen LogP contribution >= 0.6 is 27.7 Å². The maximum Gasteiger partial charge on any atom is 0.0292 e. The molecule has 1 rings (SSSR count). The van der Waals surface area contributed by atoms with E-state index < -0.39 is 0 Å². The predicted molar refractivity (Wildman–Crippen MR) is 67.8 cm³/mol. The average Bonchev–Trinajstić information content (AvgIpc) is 2.15. The van der Waals surface area contributed by atoms with Crippen LogP contribution in [-0.4, -0.2) is 5.75 Å². The van der Waals surface area contributed by atoms with Crippen LogP contribution in [0.15, 0.2) is 40.2 Å². The van der Waals surface area contributed by atoms with Gasteiger partial charge in [-0.3, -0.25) is 0 Å². The normalized spacial score (nSPS) is 12.5. The zero-order valence-corrected chi connectivity index (χ0v) is 10.6. The number of nitrogens with two attached hydrogens (primary N) is 1. The summed E-state index contributed by atoms with van der Waals surface area (Å²) in [5.41, 5.74) is 6.98. The molecular weight excluding hydrogens is 258 g/mol. The Bertz CT molecular complexity index is 323. The first-order valence-corrected chi connectivity index (χ1v) is 6.19. The monoisotopic (exact) mass is 271 g/mol. The molecule has 1 unspecified atom stereocenters. The lowest BCUT2D eigenvalue weighted by molar-refractivity contribution is 0.815. The third-order valence-electron chi connectivity index (χ3n) is 1.78. The molecule has 0 saturated carbocycles. The second-order valence-electron chi connectivity index (χ2n) is 3.17. The van der Waals surface area contributed by atoms with Crippen LogP contribution in [-0.2, 0) is 0 Å². The van der Waals surface area contributed by atoms with Gasteiger partial charge in [-0.15, -0.1) is 11.8 Å². The van der Waals surface area contributed by atoms with Gasteiger partial charge in [0.15, 0.2) is 0 Å². The Morgan fingerprint density at radius 3 is 2.93 bits per heavy atom. The Hall–Kier alpha value is -0.250. The highest BCUT2D eigenvalue weighted by Gasteiger charge is 2.00. The van der Waals surface area contributed by atoms with Gasteiger partial charge in [-0.05, 0) is 29.1 Å². The summed E-state index contributed by atoms with van der Waals surface area (Å²) in [5.74, 6) is 0.891. The number of hydrogen-bond donors (Lipinski definition) is 1. The van der Waals surface area contributed by atoms with Gasteiger partial charge in [0.05, 0.1) is 0 Å². The number of halogens is 1. The first-order chi connectivity index (χ1) is 6.59. The third kappa shape index (κ3) is 3.86. The molecule has 1 aromatic carbocycles. The molecule has 0 heterocycles. The minimum atomic E-state index is 0.0997. The van der Waals surface area contributed by atoms with Gasteiger partial charge >= 0.3 is 0 Å². The highest BCUT2D eigenvalue weighted by molar-refractivity contribution is 9.11. The summed E-state index contributed by atoms with van der Waals surface area (Å²) >= 11 is 5.10. The van der Waals surface area contributed by atoms with Crippen LogP contribution in [0.5, 0.6) is 0 Å². The first-order valence-electron chi connectivity index (χ1n) is 4.41. The van der Waals surface area contributed by atoms with Gasteiger partial charge in [0.1, 0.15) is 0 Å². The van der Waals surface area contributed by atoms with Crippen molar-refractivity contribution in [3.05, 3.63) is 40.9 Å². The Morgan fingerprint density at radius 2 is 2.36 bits per heavy atom. The third-order valence-corrected chi connectivity index (χ3v) is 3.51. The smallest absolute Gasteiger partial charge is 0.0292 e. The van der Waals surface area contributed by atoms with Crippen molar-refractivity contribution < 1.29 is 0 Å². The molecule has 2 N–H and O–H groups in total. The molecule has 3 heteroatoms. The van der Waals surface area contributed by atoms with Gasteiger partial charge in [-0.2, -0.15) is 0 Å². The van der Waals surface area contributed by atoms with Crippen molar-refractivity contribution in [3.63, 3.8) is 0 Å². The van der Waals surface area contributed by atoms with E-state index in [0.29, 0.717) is 0 Å². The summed E-state index contributed by atoms with van der Waals surface area (Å²) in [5, 5.41) is 0. The van der Waals surface area contributed by atoms with Crippen LogP contribution in [0.4, 0.5) is 0 Å². The summed E-state index contributed by atoms with van der Waals surface area (Å²) in [6, 6.07) is 8.41. The predicted octanol–water partition coefficient (Wildman–Crippen LogP) is 3.71. The molecule has 0 amide bonds. The lowest BCUT2D eigenvalue weighted by Crippen LogP contribution is -2.04. The Balaban J connectivity index is 2.68. The standard InChI is InChI=1S/C11H14BrNS/c1-8(12)7-14-11-5-3-4-10(6-11)9(2)13/h3-6,9H,1,7,13H2,2H3. The molecule has 0 aromatic heterocycles. The van der Waals surface area contributed by atoms with Gasteiger partial charge < -0.3 is 5.73 Å². The van der Waals surface area contributed by atoms with Crippen LogP contribution in [0.25, 0.3) is 0 Å². The van der Waals surface area contributed by atoms with Crippen molar-refractivity contribution >= 4 is 27.7 Å². The molecule has 76 valence electrons. The lowest BCUT2D eigenvalue weighted by Gasteiger charge is -2.07. The molecule has 0 bridgehead atoms. The van der Waals surface area contributed by atoms with E-state index in [2.05, 4.69) is 40.7 Å². The van der Waals surface area contributed by atoms with E-state index in [4.69, 9.17) is 5.73 Å². The molecule has 1 atom stereocenters. The van der Waals surface area contributed by atoms with Crippen molar-refractivity contribution in [1.82, 2.24) is 0 Å². The molecule has 0 aliphatic carbocycles. The largest absolute Gasteiger partial charge is 0.324 e. The number of benzene rings is 1. The summed E-state index contributed by atoms with van der Waals surface area (Å²) < 4.78 is 1.01. The molecule has 0 aliphatic heterocycles. The van der Waals surface area contributed by atoms with E-state index in [1.54, 1.807) is 11.8 Å². The van der Waals surface area contributed by atoms with E-state index in [1.807, 2.05) is 13.0 Å². The van der Waals surface area contributed by atoms with E-state index in [9.17, 15) is 0 Å². The maximum atomic E-state index is 5.80. The highest BCUT2D eigenvalue weighted by atomic mass is 79.9. The fourth-order valence-electron chi connectivity index (χ4n) is 1.05. The van der Waals surface area contributed by atoms with Gasteiger partial charge in [-0.25, -0.2) is 0 Å². The Kier molecular flexibility index (Phi) is 4.72. The molecule has 0 fully saturated rings. The topological polar surface area (TPSA) is 26.0 Å². The number of hydrogen-bond acceptors (Lipinski definition) is 2. The Labute approximate surface area is 97.9 Å². The quantitative estimate of drug-likeness (QED) is 0.846. The van der Waals surface area contributed by atoms with Crippen LogP contribution in [0, 0.1) is 0 Å². The molecular formula is C11H14BrNS. The molecule has 0 saturated heterocycles. The molecule has 0 radical (unpaired) electrons. The van der Waals surface area contributed by atoms with Gasteiger partial charge in [0, 0.05) is 16.7 Å². The fourth-order valence-corrected chi connectivity index (χ4v) is 2.11. The van der Waals surface area contributed by atoms with Crippen molar-refractivity contribution in [2.45, 2.75) is 17.9 Å². The van der Waals surface area contributed by atoms with Crippen molar-refractivity contribution in [3.8, 4) is 0 Å². The van der Waals surface area contributed by atoms with Crippen LogP contribution in [0.1, 0.15) is 18.5 Å². The summed E-state index contributed by atoms with van der Waals surface area (Å²) in [6.07, 6.45) is 0. The maximum absolute atomic E-state index is 5.80. The molecule has 14 heavy (non-hydrogen) atoms. The number of thioether (sulfide) groups is 1. The SMILES string of the molecule is C=C(Br)CSc1cccc(C(C)N)c1. The summed E-state index contributed by atoms with van der Waals surface area (Å²) in [4.78, 5) is 1.24. The number of rotatable bonds is 4. The van der Waals surface area contributed by atoms with Crippen molar-refractivity contribution in [2.75, 3.05) is 5.75 Å². The first kappa shape index (κ1) is 11.8. The van der Waals surface area contributed by atoms with Gasteiger partial charge in [-0.1, -0.05) is 34.6 Å². The lowest BCUT2D eigenvalue weighted by atomic mass is 10.1. The van der Waals surface area contributed by atoms with Crippen LogP contribution < -0.4 is 5.73 Å². The van der Waals surface area contributed by atoms with Crippen LogP contribution in [0.2, 0.25) is 0 Å². The minimum Gasteiger partial charge on any atom is -0.324 e. The van der Waals surface area contributed by atoms with E-state index >= 15 is 0 Å².